The van der Waals surface area contributed by atoms with E-state index in [0.29, 0.717) is 31.1 Å². The number of alkyl halides is 3. The van der Waals surface area contributed by atoms with Crippen molar-refractivity contribution in [3.63, 3.8) is 0 Å². The Morgan fingerprint density at radius 1 is 1.21 bits per heavy atom. The molecule has 1 aromatic carbocycles. The average molecular weight is 339 g/mol. The molecule has 126 valence electrons. The SMILES string of the molecule is O=C(Nc1ccc2c(c1F)CCNC2)c1ccc(C(F)(F)F)nc1. The molecule has 3 rings (SSSR count). The number of nitrogens with one attached hydrogen (secondary N) is 2. The van der Waals surface area contributed by atoms with E-state index in [9.17, 15) is 22.4 Å². The summed E-state index contributed by atoms with van der Waals surface area (Å²) in [7, 11) is 0. The summed E-state index contributed by atoms with van der Waals surface area (Å²) in [6, 6.07) is 4.87. The lowest BCUT2D eigenvalue weighted by molar-refractivity contribution is -0.141. The zero-order chi connectivity index (χ0) is 17.3. The first-order valence-corrected chi connectivity index (χ1v) is 7.22. The molecule has 1 amide bonds. The topological polar surface area (TPSA) is 54.0 Å². The van der Waals surface area contributed by atoms with Crippen LogP contribution in [0.4, 0.5) is 23.2 Å². The molecule has 2 N–H and O–H groups in total. The van der Waals surface area contributed by atoms with Gasteiger partial charge in [0.15, 0.2) is 0 Å². The van der Waals surface area contributed by atoms with E-state index in [4.69, 9.17) is 0 Å². The van der Waals surface area contributed by atoms with Gasteiger partial charge in [-0.3, -0.25) is 9.78 Å². The van der Waals surface area contributed by atoms with Gasteiger partial charge in [-0.1, -0.05) is 6.07 Å². The van der Waals surface area contributed by atoms with Crippen LogP contribution in [-0.2, 0) is 19.1 Å². The molecular weight excluding hydrogens is 326 g/mol. The highest BCUT2D eigenvalue weighted by molar-refractivity contribution is 6.04. The van der Waals surface area contributed by atoms with Gasteiger partial charge in [0.05, 0.1) is 11.3 Å². The largest absolute Gasteiger partial charge is 0.433 e. The van der Waals surface area contributed by atoms with Crippen LogP contribution < -0.4 is 10.6 Å². The normalized spacial score (nSPS) is 14.2. The predicted octanol–water partition coefficient (Wildman–Crippen LogP) is 3.14. The zero-order valence-corrected chi connectivity index (χ0v) is 12.4. The number of aromatic nitrogens is 1. The van der Waals surface area contributed by atoms with Crippen molar-refractivity contribution in [2.75, 3.05) is 11.9 Å². The molecule has 2 heterocycles. The monoisotopic (exact) mass is 339 g/mol. The van der Waals surface area contributed by atoms with Crippen molar-refractivity contribution in [1.29, 1.82) is 0 Å². The highest BCUT2D eigenvalue weighted by Crippen LogP contribution is 2.28. The lowest BCUT2D eigenvalue weighted by atomic mass is 9.99. The first-order chi connectivity index (χ1) is 11.4. The number of fused-ring (bicyclic) bond motifs is 1. The van der Waals surface area contributed by atoms with Crippen LogP contribution in [0.5, 0.6) is 0 Å². The highest BCUT2D eigenvalue weighted by atomic mass is 19.4. The molecule has 0 atom stereocenters. The van der Waals surface area contributed by atoms with Crippen LogP contribution in [0.25, 0.3) is 0 Å². The molecule has 0 saturated heterocycles. The Balaban J connectivity index is 1.80. The maximum absolute atomic E-state index is 14.4. The van der Waals surface area contributed by atoms with Gasteiger partial charge in [-0.2, -0.15) is 13.2 Å². The fraction of sp³-hybridized carbons (Fsp3) is 0.250. The third-order valence-electron chi connectivity index (χ3n) is 3.77. The third-order valence-corrected chi connectivity index (χ3v) is 3.77. The smallest absolute Gasteiger partial charge is 0.319 e. The lowest BCUT2D eigenvalue weighted by Crippen LogP contribution is -2.25. The molecule has 0 aliphatic carbocycles. The van der Waals surface area contributed by atoms with Crippen molar-refractivity contribution >= 4 is 11.6 Å². The summed E-state index contributed by atoms with van der Waals surface area (Å²) in [5.41, 5.74) is 0.193. The van der Waals surface area contributed by atoms with Crippen molar-refractivity contribution in [3.8, 4) is 0 Å². The van der Waals surface area contributed by atoms with Gasteiger partial charge in [-0.05, 0) is 42.3 Å². The molecule has 1 aromatic heterocycles. The second-order valence-electron chi connectivity index (χ2n) is 5.38. The molecule has 2 aromatic rings. The quantitative estimate of drug-likeness (QED) is 0.827. The van der Waals surface area contributed by atoms with Crippen LogP contribution in [-0.4, -0.2) is 17.4 Å². The second kappa shape index (κ2) is 6.20. The number of carbonyl (C=O) groups is 1. The van der Waals surface area contributed by atoms with E-state index in [2.05, 4.69) is 15.6 Å². The van der Waals surface area contributed by atoms with Crippen molar-refractivity contribution in [2.45, 2.75) is 19.1 Å². The van der Waals surface area contributed by atoms with Crippen LogP contribution in [0.2, 0.25) is 0 Å². The number of anilines is 1. The Morgan fingerprint density at radius 2 is 2.00 bits per heavy atom. The number of carbonyl (C=O) groups excluding carboxylic acids is 1. The van der Waals surface area contributed by atoms with Crippen LogP contribution >= 0.6 is 0 Å². The van der Waals surface area contributed by atoms with Crippen molar-refractivity contribution in [1.82, 2.24) is 10.3 Å². The summed E-state index contributed by atoms with van der Waals surface area (Å²) in [5, 5.41) is 5.50. The number of pyridine rings is 1. The molecule has 1 aliphatic heterocycles. The molecule has 0 radical (unpaired) electrons. The zero-order valence-electron chi connectivity index (χ0n) is 12.4. The maximum atomic E-state index is 14.4. The van der Waals surface area contributed by atoms with Crippen molar-refractivity contribution < 1.29 is 22.4 Å². The number of nitrogens with zero attached hydrogens (tertiary/aromatic N) is 1. The molecule has 24 heavy (non-hydrogen) atoms. The highest BCUT2D eigenvalue weighted by Gasteiger charge is 2.32. The van der Waals surface area contributed by atoms with E-state index in [1.165, 1.54) is 6.07 Å². The van der Waals surface area contributed by atoms with Crippen LogP contribution in [0.1, 0.15) is 27.2 Å². The van der Waals surface area contributed by atoms with Gasteiger partial charge in [-0.25, -0.2) is 4.39 Å². The van der Waals surface area contributed by atoms with Gasteiger partial charge in [0, 0.05) is 12.7 Å². The van der Waals surface area contributed by atoms with Gasteiger partial charge in [0.1, 0.15) is 11.5 Å². The van der Waals surface area contributed by atoms with Gasteiger partial charge >= 0.3 is 6.18 Å². The van der Waals surface area contributed by atoms with Gasteiger partial charge < -0.3 is 10.6 Å². The van der Waals surface area contributed by atoms with E-state index in [1.807, 2.05) is 0 Å². The van der Waals surface area contributed by atoms with Crippen LogP contribution in [0.15, 0.2) is 30.5 Å². The number of hydrogen-bond acceptors (Lipinski definition) is 3. The van der Waals surface area contributed by atoms with Gasteiger partial charge in [-0.15, -0.1) is 0 Å². The standard InChI is InChI=1S/C16H13F4N3O/c17-14-11-5-6-21-7-9(11)1-3-12(14)23-15(24)10-2-4-13(22-8-10)16(18,19)20/h1-4,8,21H,5-7H2,(H,23,24). The molecule has 4 nitrogen and oxygen atoms in total. The number of amides is 1. The second-order valence-corrected chi connectivity index (χ2v) is 5.38. The Hall–Kier alpha value is -2.48. The molecule has 1 aliphatic rings. The molecule has 0 unspecified atom stereocenters. The minimum Gasteiger partial charge on any atom is -0.319 e. The average Bonchev–Trinajstić information content (AvgIpc) is 2.57. The summed E-state index contributed by atoms with van der Waals surface area (Å²) >= 11 is 0. The van der Waals surface area contributed by atoms with Crippen LogP contribution in [0.3, 0.4) is 0 Å². The number of rotatable bonds is 2. The summed E-state index contributed by atoms with van der Waals surface area (Å²) in [6.07, 6.45) is -3.25. The molecule has 8 heteroatoms. The third kappa shape index (κ3) is 3.23. The Bertz CT molecular complexity index is 772. The van der Waals surface area contributed by atoms with Gasteiger partial charge in [0.25, 0.3) is 5.91 Å². The number of halogens is 4. The molecule has 0 fully saturated rings. The first kappa shape index (κ1) is 16.4. The van der Waals surface area contributed by atoms with E-state index < -0.39 is 23.6 Å². The van der Waals surface area contributed by atoms with Crippen LogP contribution in [0, 0.1) is 5.82 Å². The lowest BCUT2D eigenvalue weighted by Gasteiger charge is -2.19. The Labute approximate surface area is 134 Å². The first-order valence-electron chi connectivity index (χ1n) is 7.22. The van der Waals surface area contributed by atoms with Crippen molar-refractivity contribution in [2.24, 2.45) is 0 Å². The molecule has 0 bridgehead atoms. The fourth-order valence-corrected chi connectivity index (χ4v) is 2.52. The number of hydrogen-bond donors (Lipinski definition) is 2. The minimum absolute atomic E-state index is 0.000507. The molecule has 0 spiro atoms. The molecule has 0 saturated carbocycles. The fourth-order valence-electron chi connectivity index (χ4n) is 2.52. The Morgan fingerprint density at radius 3 is 2.67 bits per heavy atom. The van der Waals surface area contributed by atoms with E-state index in [1.54, 1.807) is 6.07 Å². The predicted molar refractivity (Wildman–Crippen MR) is 79.0 cm³/mol. The maximum Gasteiger partial charge on any atom is 0.433 e. The van der Waals surface area contributed by atoms with Crippen molar-refractivity contribution in [3.05, 3.63) is 58.7 Å². The van der Waals surface area contributed by atoms with E-state index >= 15 is 0 Å². The van der Waals surface area contributed by atoms with E-state index in [-0.39, 0.29) is 11.3 Å². The summed E-state index contributed by atoms with van der Waals surface area (Å²) < 4.78 is 51.8. The summed E-state index contributed by atoms with van der Waals surface area (Å²) in [5.74, 6) is -1.23. The van der Waals surface area contributed by atoms with Gasteiger partial charge in [0.2, 0.25) is 0 Å². The minimum atomic E-state index is -4.58. The summed E-state index contributed by atoms with van der Waals surface area (Å²) in [4.78, 5) is 15.3. The summed E-state index contributed by atoms with van der Waals surface area (Å²) in [6.45, 7) is 1.20. The van der Waals surface area contributed by atoms with E-state index in [0.717, 1.165) is 17.8 Å². The Kier molecular flexibility index (Phi) is 4.23. The number of benzene rings is 1. The molecular formula is C16H13F4N3O.